The van der Waals surface area contributed by atoms with Crippen LogP contribution in [0.3, 0.4) is 0 Å². The lowest BCUT2D eigenvalue weighted by Crippen LogP contribution is -2.28. The van der Waals surface area contributed by atoms with Gasteiger partial charge in [0.2, 0.25) is 11.8 Å². The summed E-state index contributed by atoms with van der Waals surface area (Å²) >= 11 is 0. The Labute approximate surface area is 149 Å². The molecule has 2 amide bonds. The van der Waals surface area contributed by atoms with Gasteiger partial charge in [0.15, 0.2) is 0 Å². The molecule has 1 aliphatic rings. The normalized spacial score (nSPS) is 16.1. The molecule has 3 N–H and O–H groups in total. The number of anilines is 1. The lowest BCUT2D eigenvalue weighted by atomic mass is 10.0. The zero-order valence-corrected chi connectivity index (χ0v) is 14.8. The van der Waals surface area contributed by atoms with Crippen LogP contribution < -0.4 is 20.7 Å². The lowest BCUT2D eigenvalue weighted by molar-refractivity contribution is -0.121. The van der Waals surface area contributed by atoms with Crippen LogP contribution in [0.1, 0.15) is 26.2 Å². The molecule has 1 aromatic rings. The van der Waals surface area contributed by atoms with E-state index in [0.29, 0.717) is 36.9 Å². The van der Waals surface area contributed by atoms with Crippen molar-refractivity contribution in [1.82, 2.24) is 10.6 Å². The Morgan fingerprint density at radius 2 is 2.21 bits per heavy atom. The number of carbonyl (C=O) groups excluding carboxylic acids is 2. The molecule has 1 unspecified atom stereocenters. The summed E-state index contributed by atoms with van der Waals surface area (Å²) in [6.07, 6.45) is 2.68. The summed E-state index contributed by atoms with van der Waals surface area (Å²) in [5.74, 6) is 1.26. The maximum atomic E-state index is 11.8. The number of rotatable bonds is 8. The highest BCUT2D eigenvalue weighted by Gasteiger charge is 2.15. The van der Waals surface area contributed by atoms with E-state index in [2.05, 4.69) is 16.0 Å². The summed E-state index contributed by atoms with van der Waals surface area (Å²) < 4.78 is 5.58. The monoisotopic (exact) mass is 355 g/mol. The van der Waals surface area contributed by atoms with Crippen LogP contribution in [0.25, 0.3) is 0 Å². The van der Waals surface area contributed by atoms with Crippen LogP contribution >= 0.6 is 12.4 Å². The minimum atomic E-state index is -0.119. The van der Waals surface area contributed by atoms with Crippen molar-refractivity contribution in [1.29, 1.82) is 0 Å². The van der Waals surface area contributed by atoms with E-state index in [1.54, 1.807) is 12.1 Å². The van der Waals surface area contributed by atoms with Gasteiger partial charge in [0.25, 0.3) is 0 Å². The summed E-state index contributed by atoms with van der Waals surface area (Å²) in [6.45, 7) is 4.44. The van der Waals surface area contributed by atoms with Crippen molar-refractivity contribution in [2.75, 3.05) is 31.6 Å². The number of hydrogen-bond donors (Lipinski definition) is 3. The summed E-state index contributed by atoms with van der Waals surface area (Å²) in [4.78, 5) is 22.8. The first-order valence-corrected chi connectivity index (χ1v) is 8.11. The van der Waals surface area contributed by atoms with Crippen LogP contribution in [0.2, 0.25) is 0 Å². The highest BCUT2D eigenvalue weighted by Crippen LogP contribution is 2.17. The standard InChI is InChI=1S/C17H25N3O3.ClH/c1-13(21)20-15-3-2-4-16(11-15)23-10-9-19-17(22)6-5-14-7-8-18-12-14;/h2-4,11,14,18H,5-10,12H2,1H3,(H,19,22)(H,20,21);1H. The number of amides is 2. The van der Waals surface area contributed by atoms with Crippen LogP contribution in [0.4, 0.5) is 5.69 Å². The number of carbonyl (C=O) groups is 2. The van der Waals surface area contributed by atoms with Crippen molar-refractivity contribution in [3.8, 4) is 5.75 Å². The summed E-state index contributed by atoms with van der Waals surface area (Å²) in [5.41, 5.74) is 0.698. The Hall–Kier alpha value is -1.79. The van der Waals surface area contributed by atoms with Gasteiger partial charge in [-0.05, 0) is 44.0 Å². The Bertz CT molecular complexity index is 534. The molecule has 1 aromatic carbocycles. The molecule has 1 aliphatic heterocycles. The van der Waals surface area contributed by atoms with Crippen molar-refractivity contribution in [3.05, 3.63) is 24.3 Å². The van der Waals surface area contributed by atoms with Crippen molar-refractivity contribution in [3.63, 3.8) is 0 Å². The predicted molar refractivity (Wildman–Crippen MR) is 96.7 cm³/mol. The number of benzene rings is 1. The molecule has 0 aromatic heterocycles. The highest BCUT2D eigenvalue weighted by atomic mass is 35.5. The third-order valence-corrected chi connectivity index (χ3v) is 3.79. The molecule has 1 atom stereocenters. The Balaban J connectivity index is 0.00000288. The Morgan fingerprint density at radius 1 is 1.38 bits per heavy atom. The second-order valence-corrected chi connectivity index (χ2v) is 5.80. The maximum Gasteiger partial charge on any atom is 0.221 e. The van der Waals surface area contributed by atoms with Gasteiger partial charge < -0.3 is 20.7 Å². The summed E-state index contributed by atoms with van der Waals surface area (Å²) in [5, 5.41) is 8.88. The van der Waals surface area contributed by atoms with Gasteiger partial charge in [0.1, 0.15) is 12.4 Å². The number of nitrogens with one attached hydrogen (secondary N) is 3. The van der Waals surface area contributed by atoms with E-state index in [1.165, 1.54) is 13.3 Å². The van der Waals surface area contributed by atoms with Gasteiger partial charge in [0, 0.05) is 25.1 Å². The molecule has 1 saturated heterocycles. The molecule has 1 heterocycles. The van der Waals surface area contributed by atoms with E-state index < -0.39 is 0 Å². The van der Waals surface area contributed by atoms with Gasteiger partial charge >= 0.3 is 0 Å². The molecular formula is C17H26ClN3O3. The van der Waals surface area contributed by atoms with Gasteiger partial charge in [-0.2, -0.15) is 0 Å². The van der Waals surface area contributed by atoms with E-state index in [1.807, 2.05) is 12.1 Å². The molecule has 7 heteroatoms. The van der Waals surface area contributed by atoms with E-state index in [9.17, 15) is 9.59 Å². The van der Waals surface area contributed by atoms with Crippen molar-refractivity contribution >= 4 is 29.9 Å². The second-order valence-electron chi connectivity index (χ2n) is 5.80. The molecule has 134 valence electrons. The first kappa shape index (κ1) is 20.3. The number of halogens is 1. The van der Waals surface area contributed by atoms with E-state index in [0.717, 1.165) is 19.5 Å². The maximum absolute atomic E-state index is 11.8. The summed E-state index contributed by atoms with van der Waals surface area (Å²) in [6, 6.07) is 7.19. The number of hydrogen-bond acceptors (Lipinski definition) is 4. The number of ether oxygens (including phenoxy) is 1. The quantitative estimate of drug-likeness (QED) is 0.623. The third kappa shape index (κ3) is 7.66. The molecule has 0 aliphatic carbocycles. The second kappa shape index (κ2) is 10.9. The molecule has 0 saturated carbocycles. The van der Waals surface area contributed by atoms with Gasteiger partial charge in [0.05, 0.1) is 6.54 Å². The van der Waals surface area contributed by atoms with Crippen LogP contribution in [0.5, 0.6) is 5.75 Å². The molecule has 1 fully saturated rings. The first-order valence-electron chi connectivity index (χ1n) is 8.11. The average Bonchev–Trinajstić information content (AvgIpc) is 3.03. The van der Waals surface area contributed by atoms with Crippen LogP contribution in [-0.2, 0) is 9.59 Å². The van der Waals surface area contributed by atoms with Crippen LogP contribution in [-0.4, -0.2) is 38.1 Å². The smallest absolute Gasteiger partial charge is 0.221 e. The van der Waals surface area contributed by atoms with E-state index >= 15 is 0 Å². The first-order chi connectivity index (χ1) is 11.1. The zero-order chi connectivity index (χ0) is 16.5. The fourth-order valence-electron chi connectivity index (χ4n) is 2.61. The van der Waals surface area contributed by atoms with Gasteiger partial charge in [-0.25, -0.2) is 0 Å². The largest absolute Gasteiger partial charge is 0.492 e. The fourth-order valence-corrected chi connectivity index (χ4v) is 2.61. The molecule has 0 spiro atoms. The van der Waals surface area contributed by atoms with Crippen molar-refractivity contribution in [2.24, 2.45) is 5.92 Å². The molecular weight excluding hydrogens is 330 g/mol. The zero-order valence-electron chi connectivity index (χ0n) is 14.0. The molecule has 2 rings (SSSR count). The predicted octanol–water partition coefficient (Wildman–Crippen LogP) is 1.95. The SMILES string of the molecule is CC(=O)Nc1cccc(OCCNC(=O)CCC2CCNC2)c1.Cl. The topological polar surface area (TPSA) is 79.5 Å². The fraction of sp³-hybridized carbons (Fsp3) is 0.529. The Kier molecular flexibility index (Phi) is 9.19. The Morgan fingerprint density at radius 3 is 2.92 bits per heavy atom. The minimum absolute atomic E-state index is 0. The van der Waals surface area contributed by atoms with E-state index in [-0.39, 0.29) is 24.2 Å². The van der Waals surface area contributed by atoms with E-state index in [4.69, 9.17) is 4.74 Å². The third-order valence-electron chi connectivity index (χ3n) is 3.79. The molecule has 0 radical (unpaired) electrons. The average molecular weight is 356 g/mol. The van der Waals surface area contributed by atoms with Crippen LogP contribution in [0, 0.1) is 5.92 Å². The van der Waals surface area contributed by atoms with Gasteiger partial charge in [-0.3, -0.25) is 9.59 Å². The van der Waals surface area contributed by atoms with Gasteiger partial charge in [-0.15, -0.1) is 12.4 Å². The summed E-state index contributed by atoms with van der Waals surface area (Å²) in [7, 11) is 0. The molecule has 24 heavy (non-hydrogen) atoms. The van der Waals surface area contributed by atoms with Crippen molar-refractivity contribution < 1.29 is 14.3 Å². The van der Waals surface area contributed by atoms with Gasteiger partial charge in [-0.1, -0.05) is 6.07 Å². The highest BCUT2D eigenvalue weighted by molar-refractivity contribution is 5.88. The molecule has 0 bridgehead atoms. The van der Waals surface area contributed by atoms with Crippen LogP contribution in [0.15, 0.2) is 24.3 Å². The minimum Gasteiger partial charge on any atom is -0.492 e. The lowest BCUT2D eigenvalue weighted by Gasteiger charge is -2.10. The molecule has 6 nitrogen and oxygen atoms in total. The van der Waals surface area contributed by atoms with Crippen molar-refractivity contribution in [2.45, 2.75) is 26.2 Å².